The molecule has 0 aliphatic carbocycles. The molecule has 1 aliphatic heterocycles. The van der Waals surface area contributed by atoms with Gasteiger partial charge in [-0.2, -0.15) is 14.6 Å². The van der Waals surface area contributed by atoms with Gasteiger partial charge in [0.05, 0.1) is 18.1 Å². The maximum atomic E-state index is 5.93. The minimum absolute atomic E-state index is 0.0393. The Hall–Kier alpha value is -1.40. The van der Waals surface area contributed by atoms with E-state index in [2.05, 4.69) is 26.9 Å². The van der Waals surface area contributed by atoms with Gasteiger partial charge in [-0.25, -0.2) is 4.98 Å². The number of aromatic nitrogens is 4. The molecule has 0 amide bonds. The Labute approximate surface area is 116 Å². The fraction of sp³-hybridized carbons (Fsp3) is 0.583. The van der Waals surface area contributed by atoms with Crippen molar-refractivity contribution in [3.63, 3.8) is 0 Å². The highest BCUT2D eigenvalue weighted by Crippen LogP contribution is 2.21. The average Bonchev–Trinajstić information content (AvgIpc) is 2.84. The fourth-order valence-electron chi connectivity index (χ4n) is 2.45. The van der Waals surface area contributed by atoms with Crippen LogP contribution >= 0.6 is 11.6 Å². The Morgan fingerprint density at radius 2 is 2.32 bits per heavy atom. The molecular formula is C12H16ClN5O. The zero-order valence-corrected chi connectivity index (χ0v) is 11.7. The average molecular weight is 282 g/mol. The van der Waals surface area contributed by atoms with Crippen LogP contribution in [0.3, 0.4) is 0 Å². The standard InChI is InChI=1S/C12H16ClN5O/c1-8-3-11(18-12(16-8)14-7-15-18)17-5-9(2)19-10(4-13)6-17/h3,7,9-10H,4-6H2,1-2H3. The van der Waals surface area contributed by atoms with Crippen LogP contribution in [0.25, 0.3) is 5.78 Å². The van der Waals surface area contributed by atoms with Crippen LogP contribution < -0.4 is 4.90 Å². The number of hydrogen-bond acceptors (Lipinski definition) is 5. The van der Waals surface area contributed by atoms with Gasteiger partial charge in [0.25, 0.3) is 5.78 Å². The Bertz CT molecular complexity index is 587. The van der Waals surface area contributed by atoms with Crippen LogP contribution in [0.1, 0.15) is 12.6 Å². The minimum atomic E-state index is 0.0393. The molecule has 7 heteroatoms. The van der Waals surface area contributed by atoms with Crippen LogP contribution in [-0.4, -0.2) is 50.8 Å². The molecule has 0 radical (unpaired) electrons. The number of halogens is 1. The third kappa shape index (κ3) is 2.37. The molecule has 2 aromatic rings. The van der Waals surface area contributed by atoms with Crippen molar-refractivity contribution < 1.29 is 4.74 Å². The summed E-state index contributed by atoms with van der Waals surface area (Å²) in [5.41, 5.74) is 0.928. The van der Waals surface area contributed by atoms with Gasteiger partial charge in [-0.3, -0.25) is 0 Å². The van der Waals surface area contributed by atoms with E-state index < -0.39 is 0 Å². The molecule has 3 heterocycles. The van der Waals surface area contributed by atoms with Crippen LogP contribution in [0.5, 0.6) is 0 Å². The highest BCUT2D eigenvalue weighted by Gasteiger charge is 2.26. The first-order valence-corrected chi connectivity index (χ1v) is 6.84. The highest BCUT2D eigenvalue weighted by atomic mass is 35.5. The van der Waals surface area contributed by atoms with E-state index in [0.717, 1.165) is 24.6 Å². The number of morpholine rings is 1. The summed E-state index contributed by atoms with van der Waals surface area (Å²) in [6.45, 7) is 5.58. The van der Waals surface area contributed by atoms with E-state index in [4.69, 9.17) is 16.3 Å². The lowest BCUT2D eigenvalue weighted by Gasteiger charge is -2.37. The maximum Gasteiger partial charge on any atom is 0.254 e. The number of ether oxygens (including phenoxy) is 1. The molecule has 0 bridgehead atoms. The molecule has 2 atom stereocenters. The normalized spacial score (nSPS) is 24.1. The molecule has 0 saturated carbocycles. The summed E-state index contributed by atoms with van der Waals surface area (Å²) in [7, 11) is 0. The first kappa shape index (κ1) is 12.6. The zero-order valence-electron chi connectivity index (χ0n) is 11.0. The maximum absolute atomic E-state index is 5.93. The summed E-state index contributed by atoms with van der Waals surface area (Å²) in [6, 6.07) is 2.02. The van der Waals surface area contributed by atoms with Gasteiger partial charge in [0, 0.05) is 24.8 Å². The number of fused-ring (bicyclic) bond motifs is 1. The summed E-state index contributed by atoms with van der Waals surface area (Å²) in [4.78, 5) is 10.7. The first-order valence-electron chi connectivity index (χ1n) is 6.31. The van der Waals surface area contributed by atoms with E-state index in [1.54, 1.807) is 4.52 Å². The van der Waals surface area contributed by atoms with Gasteiger partial charge in [0.15, 0.2) is 0 Å². The molecule has 2 unspecified atom stereocenters. The van der Waals surface area contributed by atoms with Crippen LogP contribution in [0.4, 0.5) is 5.82 Å². The van der Waals surface area contributed by atoms with Gasteiger partial charge in [0.2, 0.25) is 0 Å². The lowest BCUT2D eigenvalue weighted by molar-refractivity contribution is -0.00369. The summed E-state index contributed by atoms with van der Waals surface area (Å²) >= 11 is 5.93. The van der Waals surface area contributed by atoms with Crippen LogP contribution in [-0.2, 0) is 4.74 Å². The lowest BCUT2D eigenvalue weighted by atomic mass is 10.2. The number of rotatable bonds is 2. The van der Waals surface area contributed by atoms with E-state index >= 15 is 0 Å². The van der Waals surface area contributed by atoms with Crippen LogP contribution in [0.15, 0.2) is 12.4 Å². The molecule has 1 saturated heterocycles. The van der Waals surface area contributed by atoms with Crippen molar-refractivity contribution in [2.24, 2.45) is 0 Å². The largest absolute Gasteiger partial charge is 0.370 e. The number of anilines is 1. The Kier molecular flexibility index (Phi) is 3.28. The minimum Gasteiger partial charge on any atom is -0.370 e. The molecule has 102 valence electrons. The van der Waals surface area contributed by atoms with E-state index in [-0.39, 0.29) is 12.2 Å². The number of hydrogen-bond donors (Lipinski definition) is 0. The monoisotopic (exact) mass is 281 g/mol. The first-order chi connectivity index (χ1) is 9.17. The van der Waals surface area contributed by atoms with Crippen molar-refractivity contribution in [2.45, 2.75) is 26.1 Å². The molecule has 19 heavy (non-hydrogen) atoms. The third-order valence-electron chi connectivity index (χ3n) is 3.18. The molecule has 1 fully saturated rings. The van der Waals surface area contributed by atoms with Crippen molar-refractivity contribution in [2.75, 3.05) is 23.9 Å². The summed E-state index contributed by atoms with van der Waals surface area (Å²) < 4.78 is 7.54. The highest BCUT2D eigenvalue weighted by molar-refractivity contribution is 6.18. The summed E-state index contributed by atoms with van der Waals surface area (Å²) in [6.07, 6.45) is 1.70. The molecule has 0 spiro atoms. The SMILES string of the molecule is Cc1cc(N2CC(C)OC(CCl)C2)n2ncnc2n1. The smallest absolute Gasteiger partial charge is 0.254 e. The fourth-order valence-corrected chi connectivity index (χ4v) is 2.62. The third-order valence-corrected chi connectivity index (χ3v) is 3.53. The van der Waals surface area contributed by atoms with Gasteiger partial charge in [-0.05, 0) is 13.8 Å². The second kappa shape index (κ2) is 4.94. The van der Waals surface area contributed by atoms with Gasteiger partial charge < -0.3 is 9.64 Å². The predicted octanol–water partition coefficient (Wildman–Crippen LogP) is 1.27. The summed E-state index contributed by atoms with van der Waals surface area (Å²) in [5, 5.41) is 4.24. The Morgan fingerprint density at radius 3 is 3.11 bits per heavy atom. The van der Waals surface area contributed by atoms with Gasteiger partial charge in [-0.1, -0.05) is 0 Å². The summed E-state index contributed by atoms with van der Waals surface area (Å²) in [5.74, 6) is 2.10. The van der Waals surface area contributed by atoms with Crippen molar-refractivity contribution in [1.82, 2.24) is 19.6 Å². The molecule has 3 rings (SSSR count). The number of nitrogens with zero attached hydrogens (tertiary/aromatic N) is 5. The van der Waals surface area contributed by atoms with Gasteiger partial charge >= 0.3 is 0 Å². The molecule has 6 nitrogen and oxygen atoms in total. The second-order valence-electron chi connectivity index (χ2n) is 4.86. The second-order valence-corrected chi connectivity index (χ2v) is 5.16. The van der Waals surface area contributed by atoms with E-state index in [1.165, 1.54) is 6.33 Å². The molecule has 2 aromatic heterocycles. The lowest BCUT2D eigenvalue weighted by Crippen LogP contribution is -2.48. The van der Waals surface area contributed by atoms with Crippen molar-refractivity contribution >= 4 is 23.2 Å². The van der Waals surface area contributed by atoms with Crippen molar-refractivity contribution in [3.8, 4) is 0 Å². The van der Waals surface area contributed by atoms with Crippen LogP contribution in [0, 0.1) is 6.92 Å². The number of aryl methyl sites for hydroxylation is 1. The number of alkyl halides is 1. The molecule has 1 aliphatic rings. The Morgan fingerprint density at radius 1 is 1.47 bits per heavy atom. The zero-order chi connectivity index (χ0) is 13.4. The topological polar surface area (TPSA) is 55.6 Å². The van der Waals surface area contributed by atoms with Gasteiger partial charge in [0.1, 0.15) is 12.1 Å². The predicted molar refractivity (Wildman–Crippen MR) is 72.8 cm³/mol. The molecule has 0 aromatic carbocycles. The Balaban J connectivity index is 2.00. The van der Waals surface area contributed by atoms with Crippen LogP contribution in [0.2, 0.25) is 0 Å². The van der Waals surface area contributed by atoms with E-state index in [1.807, 2.05) is 13.0 Å². The quantitative estimate of drug-likeness (QED) is 0.776. The molecule has 0 N–H and O–H groups in total. The van der Waals surface area contributed by atoms with E-state index in [9.17, 15) is 0 Å². The van der Waals surface area contributed by atoms with Gasteiger partial charge in [-0.15, -0.1) is 11.6 Å². The molecular weight excluding hydrogens is 266 g/mol. The van der Waals surface area contributed by atoms with Crippen molar-refractivity contribution in [1.29, 1.82) is 0 Å². The van der Waals surface area contributed by atoms with E-state index in [0.29, 0.717) is 11.7 Å². The van der Waals surface area contributed by atoms with Crippen molar-refractivity contribution in [3.05, 3.63) is 18.1 Å².